The maximum Gasteiger partial charge on any atom is 0.418 e. The van der Waals surface area contributed by atoms with Crippen molar-refractivity contribution in [3.63, 3.8) is 0 Å². The summed E-state index contributed by atoms with van der Waals surface area (Å²) in [7, 11) is 1.11. The Morgan fingerprint density at radius 2 is 2.00 bits per heavy atom. The quantitative estimate of drug-likeness (QED) is 0.298. The first kappa shape index (κ1) is 9.50. The fourth-order valence-electron chi connectivity index (χ4n) is 0.316. The molecule has 0 saturated carbocycles. The number of hydrogen-bond acceptors (Lipinski definition) is 4. The standard InChI is InChI=1S/C7H8O4/c1-3-4-5-11-7(9)6(8)10-2/h5H2,1-2H3. The molecule has 0 rings (SSSR count). The summed E-state index contributed by atoms with van der Waals surface area (Å²) < 4.78 is 8.43. The van der Waals surface area contributed by atoms with Crippen molar-refractivity contribution in [1.82, 2.24) is 0 Å². The van der Waals surface area contributed by atoms with Crippen LogP contribution in [0.4, 0.5) is 0 Å². The Balaban J connectivity index is 3.67. The van der Waals surface area contributed by atoms with Gasteiger partial charge in [0.2, 0.25) is 0 Å². The molecule has 0 bridgehead atoms. The summed E-state index contributed by atoms with van der Waals surface area (Å²) in [5.74, 6) is 2.93. The fourth-order valence-corrected chi connectivity index (χ4v) is 0.316. The smallest absolute Gasteiger partial charge is 0.418 e. The maximum atomic E-state index is 10.5. The van der Waals surface area contributed by atoms with E-state index in [1.807, 2.05) is 0 Å². The largest absolute Gasteiger partial charge is 0.461 e. The Morgan fingerprint density at radius 3 is 2.45 bits per heavy atom. The lowest BCUT2D eigenvalue weighted by Crippen LogP contribution is -2.18. The van der Waals surface area contributed by atoms with Gasteiger partial charge in [-0.3, -0.25) is 0 Å². The highest BCUT2D eigenvalue weighted by Gasteiger charge is 2.13. The third-order valence-electron chi connectivity index (χ3n) is 0.804. The second-order valence-corrected chi connectivity index (χ2v) is 1.49. The van der Waals surface area contributed by atoms with Crippen LogP contribution in [0.5, 0.6) is 0 Å². The van der Waals surface area contributed by atoms with Crippen molar-refractivity contribution < 1.29 is 19.1 Å². The van der Waals surface area contributed by atoms with E-state index in [-0.39, 0.29) is 6.61 Å². The van der Waals surface area contributed by atoms with Crippen LogP contribution in [0.3, 0.4) is 0 Å². The summed E-state index contributed by atoms with van der Waals surface area (Å²) in [5.41, 5.74) is 0. The molecule has 0 aliphatic rings. The van der Waals surface area contributed by atoms with Gasteiger partial charge in [-0.05, 0) is 6.92 Å². The molecule has 0 radical (unpaired) electrons. The molecule has 4 nitrogen and oxygen atoms in total. The molecule has 0 heterocycles. The highest BCUT2D eigenvalue weighted by Crippen LogP contribution is 1.80. The molecule has 0 atom stereocenters. The average Bonchev–Trinajstić information content (AvgIpc) is 2.03. The zero-order valence-electron chi connectivity index (χ0n) is 6.34. The molecule has 0 aromatic carbocycles. The molecule has 0 fully saturated rings. The number of methoxy groups -OCH3 is 1. The highest BCUT2D eigenvalue weighted by molar-refractivity contribution is 6.29. The van der Waals surface area contributed by atoms with E-state index in [2.05, 4.69) is 21.3 Å². The lowest BCUT2D eigenvalue weighted by molar-refractivity contribution is -0.164. The Labute approximate surface area is 64.5 Å². The fraction of sp³-hybridized carbons (Fsp3) is 0.429. The molecule has 0 unspecified atom stereocenters. The summed E-state index contributed by atoms with van der Waals surface area (Å²) in [4.78, 5) is 20.8. The SMILES string of the molecule is CC#CCOC(=O)C(=O)OC. The van der Waals surface area contributed by atoms with Crippen LogP contribution in [-0.2, 0) is 19.1 Å². The summed E-state index contributed by atoms with van der Waals surface area (Å²) in [6.45, 7) is 1.52. The van der Waals surface area contributed by atoms with Crippen LogP contribution < -0.4 is 0 Å². The molecule has 0 aromatic heterocycles. The third-order valence-corrected chi connectivity index (χ3v) is 0.804. The number of ether oxygens (including phenoxy) is 2. The second kappa shape index (κ2) is 5.30. The normalized spacial score (nSPS) is 7.45. The highest BCUT2D eigenvalue weighted by atomic mass is 16.6. The van der Waals surface area contributed by atoms with Crippen LogP contribution in [0.25, 0.3) is 0 Å². The zero-order chi connectivity index (χ0) is 8.69. The molecule has 0 spiro atoms. The van der Waals surface area contributed by atoms with Gasteiger partial charge in [-0.15, -0.1) is 5.92 Å². The van der Waals surface area contributed by atoms with Crippen molar-refractivity contribution in [1.29, 1.82) is 0 Å². The van der Waals surface area contributed by atoms with E-state index in [0.717, 1.165) is 7.11 Å². The zero-order valence-corrected chi connectivity index (χ0v) is 6.34. The van der Waals surface area contributed by atoms with Crippen LogP contribution >= 0.6 is 0 Å². The van der Waals surface area contributed by atoms with Crippen LogP contribution in [0.2, 0.25) is 0 Å². The molecule has 0 aromatic rings. The van der Waals surface area contributed by atoms with Gasteiger partial charge in [0.1, 0.15) is 0 Å². The minimum atomic E-state index is -1.02. The Hall–Kier alpha value is -1.50. The van der Waals surface area contributed by atoms with Crippen molar-refractivity contribution in [2.45, 2.75) is 6.92 Å². The Kier molecular flexibility index (Phi) is 4.58. The van der Waals surface area contributed by atoms with Crippen LogP contribution in [0, 0.1) is 11.8 Å². The van der Waals surface area contributed by atoms with E-state index >= 15 is 0 Å². The summed E-state index contributed by atoms with van der Waals surface area (Å²) in [5, 5.41) is 0. The van der Waals surface area contributed by atoms with Crippen LogP contribution in [0.15, 0.2) is 0 Å². The van der Waals surface area contributed by atoms with Crippen molar-refractivity contribution in [3.05, 3.63) is 0 Å². The first-order valence-electron chi connectivity index (χ1n) is 2.87. The molecule has 60 valence electrons. The van der Waals surface area contributed by atoms with Gasteiger partial charge >= 0.3 is 11.9 Å². The van der Waals surface area contributed by atoms with Gasteiger partial charge in [0, 0.05) is 0 Å². The molecule has 4 heteroatoms. The molecule has 0 aliphatic carbocycles. The lowest BCUT2D eigenvalue weighted by atomic mass is 10.6. The minimum absolute atomic E-state index is 0.0789. The Morgan fingerprint density at radius 1 is 1.36 bits per heavy atom. The predicted molar refractivity (Wildman–Crippen MR) is 36.4 cm³/mol. The van der Waals surface area contributed by atoms with E-state index in [0.29, 0.717) is 0 Å². The number of esters is 2. The first-order valence-corrected chi connectivity index (χ1v) is 2.87. The van der Waals surface area contributed by atoms with E-state index in [1.165, 1.54) is 0 Å². The van der Waals surface area contributed by atoms with E-state index in [4.69, 9.17) is 0 Å². The number of carbonyl (C=O) groups excluding carboxylic acids is 2. The summed E-state index contributed by atoms with van der Waals surface area (Å²) in [6.07, 6.45) is 0. The van der Waals surface area contributed by atoms with Gasteiger partial charge < -0.3 is 9.47 Å². The molecule has 0 saturated heterocycles. The number of rotatable bonds is 1. The molecular weight excluding hydrogens is 148 g/mol. The monoisotopic (exact) mass is 156 g/mol. The van der Waals surface area contributed by atoms with Gasteiger partial charge in [-0.2, -0.15) is 0 Å². The maximum absolute atomic E-state index is 10.5. The van der Waals surface area contributed by atoms with Gasteiger partial charge in [-0.1, -0.05) is 5.92 Å². The minimum Gasteiger partial charge on any atom is -0.461 e. The number of hydrogen-bond donors (Lipinski definition) is 0. The van der Waals surface area contributed by atoms with E-state index in [9.17, 15) is 9.59 Å². The van der Waals surface area contributed by atoms with Crippen molar-refractivity contribution in [2.24, 2.45) is 0 Å². The second-order valence-electron chi connectivity index (χ2n) is 1.49. The van der Waals surface area contributed by atoms with Crippen molar-refractivity contribution >= 4 is 11.9 Å². The summed E-state index contributed by atoms with van der Waals surface area (Å²) >= 11 is 0. The number of carbonyl (C=O) groups is 2. The first-order chi connectivity index (χ1) is 5.22. The Bertz CT molecular complexity index is 208. The van der Waals surface area contributed by atoms with Crippen molar-refractivity contribution in [3.8, 4) is 11.8 Å². The van der Waals surface area contributed by atoms with Crippen LogP contribution in [-0.4, -0.2) is 25.7 Å². The van der Waals surface area contributed by atoms with E-state index in [1.54, 1.807) is 6.92 Å². The van der Waals surface area contributed by atoms with Gasteiger partial charge in [-0.25, -0.2) is 9.59 Å². The molecule has 0 aliphatic heterocycles. The van der Waals surface area contributed by atoms with E-state index < -0.39 is 11.9 Å². The van der Waals surface area contributed by atoms with Crippen molar-refractivity contribution in [2.75, 3.05) is 13.7 Å². The van der Waals surface area contributed by atoms with Gasteiger partial charge in [0.25, 0.3) is 0 Å². The molecular formula is C7H8O4. The topological polar surface area (TPSA) is 52.6 Å². The summed E-state index contributed by atoms with van der Waals surface area (Å²) in [6, 6.07) is 0. The molecule has 11 heavy (non-hydrogen) atoms. The van der Waals surface area contributed by atoms with Gasteiger partial charge in [0.15, 0.2) is 6.61 Å². The lowest BCUT2D eigenvalue weighted by Gasteiger charge is -1.96. The predicted octanol–water partition coefficient (Wildman–Crippen LogP) is -0.274. The third kappa shape index (κ3) is 3.98. The van der Waals surface area contributed by atoms with Crippen LogP contribution in [0.1, 0.15) is 6.92 Å². The molecule has 0 N–H and O–H groups in total. The molecule has 0 amide bonds. The van der Waals surface area contributed by atoms with Gasteiger partial charge in [0.05, 0.1) is 7.11 Å². The average molecular weight is 156 g/mol.